The van der Waals surface area contributed by atoms with Crippen molar-refractivity contribution in [3.8, 4) is 5.75 Å². The fourth-order valence-electron chi connectivity index (χ4n) is 2.07. The Morgan fingerprint density at radius 3 is 2.75 bits per heavy atom. The van der Waals surface area contributed by atoms with Gasteiger partial charge in [-0.1, -0.05) is 26.0 Å². The van der Waals surface area contributed by atoms with E-state index in [4.69, 9.17) is 4.74 Å². The Labute approximate surface area is 133 Å². The van der Waals surface area contributed by atoms with E-state index in [1.54, 1.807) is 11.3 Å². The van der Waals surface area contributed by atoms with Crippen LogP contribution >= 0.6 is 27.3 Å². The van der Waals surface area contributed by atoms with Crippen molar-refractivity contribution in [3.63, 3.8) is 0 Å². The molecule has 1 aromatic carbocycles. The zero-order valence-corrected chi connectivity index (χ0v) is 14.3. The molecule has 2 aromatic rings. The highest BCUT2D eigenvalue weighted by Crippen LogP contribution is 2.32. The van der Waals surface area contributed by atoms with Gasteiger partial charge in [-0.3, -0.25) is 0 Å². The van der Waals surface area contributed by atoms with E-state index in [1.807, 2.05) is 6.07 Å². The summed E-state index contributed by atoms with van der Waals surface area (Å²) in [6, 6.07) is 10.9. The normalized spacial score (nSPS) is 12.3. The third-order valence-corrected chi connectivity index (χ3v) is 4.54. The SMILES string of the molecule is CCCOc1ccc(C(NCC)c2cccs2)cc1Br. The predicted octanol–water partition coefficient (Wildman–Crippen LogP) is 5.00. The molecule has 0 saturated heterocycles. The second-order valence-electron chi connectivity index (χ2n) is 4.54. The number of hydrogen-bond acceptors (Lipinski definition) is 3. The van der Waals surface area contributed by atoms with Gasteiger partial charge in [-0.05, 0) is 58.0 Å². The first-order valence-electron chi connectivity index (χ1n) is 6.95. The highest BCUT2D eigenvalue weighted by atomic mass is 79.9. The van der Waals surface area contributed by atoms with Gasteiger partial charge in [0.25, 0.3) is 0 Å². The van der Waals surface area contributed by atoms with Crippen molar-refractivity contribution in [2.75, 3.05) is 13.2 Å². The zero-order valence-electron chi connectivity index (χ0n) is 11.9. The topological polar surface area (TPSA) is 21.3 Å². The lowest BCUT2D eigenvalue weighted by atomic mass is 10.1. The van der Waals surface area contributed by atoms with Gasteiger partial charge < -0.3 is 10.1 Å². The maximum Gasteiger partial charge on any atom is 0.133 e. The molecule has 0 fully saturated rings. The molecule has 1 aromatic heterocycles. The summed E-state index contributed by atoms with van der Waals surface area (Å²) >= 11 is 5.39. The van der Waals surface area contributed by atoms with E-state index >= 15 is 0 Å². The number of halogens is 1. The van der Waals surface area contributed by atoms with E-state index in [-0.39, 0.29) is 6.04 Å². The minimum atomic E-state index is 0.247. The second-order valence-corrected chi connectivity index (χ2v) is 6.38. The van der Waals surface area contributed by atoms with Crippen LogP contribution in [0.4, 0.5) is 0 Å². The molecule has 1 atom stereocenters. The average molecular weight is 354 g/mol. The van der Waals surface area contributed by atoms with Gasteiger partial charge >= 0.3 is 0 Å². The van der Waals surface area contributed by atoms with Crippen molar-refractivity contribution in [2.45, 2.75) is 26.3 Å². The summed E-state index contributed by atoms with van der Waals surface area (Å²) in [5.74, 6) is 0.914. The monoisotopic (exact) mass is 353 g/mol. The summed E-state index contributed by atoms with van der Waals surface area (Å²) < 4.78 is 6.72. The molecule has 0 saturated carbocycles. The second kappa shape index (κ2) is 7.81. The summed E-state index contributed by atoms with van der Waals surface area (Å²) in [6.45, 7) is 5.93. The summed E-state index contributed by atoms with van der Waals surface area (Å²) in [6.07, 6.45) is 1.02. The maximum atomic E-state index is 5.71. The Bertz CT molecular complexity index is 527. The molecule has 2 nitrogen and oxygen atoms in total. The minimum absolute atomic E-state index is 0.247. The average Bonchev–Trinajstić information content (AvgIpc) is 2.97. The lowest BCUT2D eigenvalue weighted by Crippen LogP contribution is -2.21. The summed E-state index contributed by atoms with van der Waals surface area (Å²) in [5, 5.41) is 5.66. The van der Waals surface area contributed by atoms with E-state index in [0.29, 0.717) is 0 Å². The van der Waals surface area contributed by atoms with E-state index < -0.39 is 0 Å². The highest BCUT2D eigenvalue weighted by Gasteiger charge is 2.15. The summed E-state index contributed by atoms with van der Waals surface area (Å²) in [5.41, 5.74) is 1.25. The van der Waals surface area contributed by atoms with Gasteiger partial charge in [0.15, 0.2) is 0 Å². The van der Waals surface area contributed by atoms with Crippen molar-refractivity contribution >= 4 is 27.3 Å². The molecule has 20 heavy (non-hydrogen) atoms. The summed E-state index contributed by atoms with van der Waals surface area (Å²) in [7, 11) is 0. The van der Waals surface area contributed by atoms with Crippen molar-refractivity contribution < 1.29 is 4.74 Å². The van der Waals surface area contributed by atoms with Crippen molar-refractivity contribution in [3.05, 3.63) is 50.6 Å². The Balaban J connectivity index is 2.23. The molecular weight excluding hydrogens is 334 g/mol. The van der Waals surface area contributed by atoms with Crippen LogP contribution in [0.3, 0.4) is 0 Å². The van der Waals surface area contributed by atoms with Crippen LogP contribution in [0.5, 0.6) is 5.75 Å². The van der Waals surface area contributed by atoms with Gasteiger partial charge in [-0.25, -0.2) is 0 Å². The molecule has 4 heteroatoms. The van der Waals surface area contributed by atoms with Crippen LogP contribution in [0.2, 0.25) is 0 Å². The van der Waals surface area contributed by atoms with Crippen LogP contribution in [-0.4, -0.2) is 13.2 Å². The molecule has 108 valence electrons. The molecule has 0 amide bonds. The van der Waals surface area contributed by atoms with E-state index in [9.17, 15) is 0 Å². The van der Waals surface area contributed by atoms with Crippen LogP contribution < -0.4 is 10.1 Å². The lowest BCUT2D eigenvalue weighted by Gasteiger charge is -2.18. The van der Waals surface area contributed by atoms with Gasteiger partial charge in [0.05, 0.1) is 17.1 Å². The van der Waals surface area contributed by atoms with Gasteiger partial charge in [-0.15, -0.1) is 11.3 Å². The van der Waals surface area contributed by atoms with E-state index in [1.165, 1.54) is 10.4 Å². The molecule has 1 N–H and O–H groups in total. The number of hydrogen-bond donors (Lipinski definition) is 1. The molecule has 1 heterocycles. The van der Waals surface area contributed by atoms with Gasteiger partial charge in [0, 0.05) is 4.88 Å². The summed E-state index contributed by atoms with van der Waals surface area (Å²) in [4.78, 5) is 1.33. The van der Waals surface area contributed by atoms with Crippen LogP contribution in [0, 0.1) is 0 Å². The Kier molecular flexibility index (Phi) is 6.07. The molecule has 0 aliphatic rings. The third kappa shape index (κ3) is 3.84. The van der Waals surface area contributed by atoms with Gasteiger partial charge in [-0.2, -0.15) is 0 Å². The Hall–Kier alpha value is -0.840. The largest absolute Gasteiger partial charge is 0.492 e. The fourth-order valence-corrected chi connectivity index (χ4v) is 3.41. The third-order valence-electron chi connectivity index (χ3n) is 2.99. The van der Waals surface area contributed by atoms with Crippen molar-refractivity contribution in [1.29, 1.82) is 0 Å². The minimum Gasteiger partial charge on any atom is -0.492 e. The molecule has 0 aliphatic heterocycles. The standard InChI is InChI=1S/C16H20BrNOS/c1-3-9-19-14-8-7-12(11-13(14)17)16(18-4-2)15-6-5-10-20-15/h5-8,10-11,16,18H,3-4,9H2,1-2H3. The molecule has 1 unspecified atom stereocenters. The number of ether oxygens (including phenoxy) is 1. The van der Waals surface area contributed by atoms with Crippen LogP contribution in [0.15, 0.2) is 40.2 Å². The number of thiophene rings is 1. The maximum absolute atomic E-state index is 5.71. The number of nitrogens with one attached hydrogen (secondary N) is 1. The number of benzene rings is 1. The predicted molar refractivity (Wildman–Crippen MR) is 89.8 cm³/mol. The zero-order chi connectivity index (χ0) is 14.4. The molecule has 0 spiro atoms. The fraction of sp³-hybridized carbons (Fsp3) is 0.375. The van der Waals surface area contributed by atoms with Crippen LogP contribution in [0.1, 0.15) is 36.8 Å². The van der Waals surface area contributed by atoms with Crippen molar-refractivity contribution in [2.24, 2.45) is 0 Å². The first-order valence-corrected chi connectivity index (χ1v) is 8.62. The smallest absolute Gasteiger partial charge is 0.133 e. The molecular formula is C16H20BrNOS. The lowest BCUT2D eigenvalue weighted by molar-refractivity contribution is 0.315. The molecule has 0 bridgehead atoms. The van der Waals surface area contributed by atoms with E-state index in [0.717, 1.165) is 29.8 Å². The van der Waals surface area contributed by atoms with Gasteiger partial charge in [0.1, 0.15) is 5.75 Å². The van der Waals surface area contributed by atoms with E-state index in [2.05, 4.69) is 64.7 Å². The quantitative estimate of drug-likeness (QED) is 0.756. The first kappa shape index (κ1) is 15.5. The first-order chi connectivity index (χ1) is 9.76. The van der Waals surface area contributed by atoms with Gasteiger partial charge in [0.2, 0.25) is 0 Å². The Morgan fingerprint density at radius 2 is 2.15 bits per heavy atom. The van der Waals surface area contributed by atoms with Crippen molar-refractivity contribution in [1.82, 2.24) is 5.32 Å². The van der Waals surface area contributed by atoms with Crippen LogP contribution in [0.25, 0.3) is 0 Å². The molecule has 2 rings (SSSR count). The van der Waals surface area contributed by atoms with Crippen LogP contribution in [-0.2, 0) is 0 Å². The number of rotatable bonds is 7. The Morgan fingerprint density at radius 1 is 1.30 bits per heavy atom. The molecule has 0 aliphatic carbocycles. The molecule has 0 radical (unpaired) electrons. The highest BCUT2D eigenvalue weighted by molar-refractivity contribution is 9.10.